The molecule has 2 rings (SSSR count). The fraction of sp³-hybridized carbons (Fsp3) is 0.273. The van der Waals surface area contributed by atoms with Gasteiger partial charge in [0.25, 0.3) is 5.89 Å². The standard InChI is InChI=1S/C11H10BrFN2O2/c1-2-9(16)10-14-11(17-15-10)6-3-4-8(13)7(12)5-6/h3-5,9,16H,2H2,1H3. The average Bonchev–Trinajstić information content (AvgIpc) is 2.81. The molecule has 0 spiro atoms. The molecule has 4 nitrogen and oxygen atoms in total. The van der Waals surface area contributed by atoms with Crippen molar-refractivity contribution in [2.75, 3.05) is 0 Å². The maximum absolute atomic E-state index is 13.0. The second kappa shape index (κ2) is 4.93. The summed E-state index contributed by atoms with van der Waals surface area (Å²) in [4.78, 5) is 4.05. The van der Waals surface area contributed by atoms with Gasteiger partial charge in [-0.2, -0.15) is 4.98 Å². The SMILES string of the molecule is CCC(O)c1noc(-c2ccc(F)c(Br)c2)n1. The minimum atomic E-state index is -0.739. The van der Waals surface area contributed by atoms with Crippen LogP contribution in [-0.4, -0.2) is 15.2 Å². The molecule has 0 aliphatic carbocycles. The van der Waals surface area contributed by atoms with Gasteiger partial charge in [-0.15, -0.1) is 0 Å². The van der Waals surface area contributed by atoms with Gasteiger partial charge in [-0.25, -0.2) is 4.39 Å². The van der Waals surface area contributed by atoms with E-state index in [0.717, 1.165) is 0 Å². The molecule has 0 saturated carbocycles. The topological polar surface area (TPSA) is 59.2 Å². The maximum atomic E-state index is 13.0. The lowest BCUT2D eigenvalue weighted by atomic mass is 10.2. The zero-order valence-corrected chi connectivity index (χ0v) is 10.6. The van der Waals surface area contributed by atoms with E-state index >= 15 is 0 Å². The van der Waals surface area contributed by atoms with E-state index in [1.54, 1.807) is 6.07 Å². The summed E-state index contributed by atoms with van der Waals surface area (Å²) in [6.45, 7) is 1.81. The molecule has 0 aliphatic rings. The zero-order valence-electron chi connectivity index (χ0n) is 9.02. The van der Waals surface area contributed by atoms with E-state index in [2.05, 4.69) is 26.1 Å². The van der Waals surface area contributed by atoms with Crippen molar-refractivity contribution < 1.29 is 14.0 Å². The highest BCUT2D eigenvalue weighted by atomic mass is 79.9. The van der Waals surface area contributed by atoms with Gasteiger partial charge in [0.2, 0.25) is 5.82 Å². The summed E-state index contributed by atoms with van der Waals surface area (Å²) in [7, 11) is 0. The van der Waals surface area contributed by atoms with Crippen molar-refractivity contribution in [3.05, 3.63) is 34.3 Å². The number of aliphatic hydroxyl groups is 1. The van der Waals surface area contributed by atoms with Crippen molar-refractivity contribution in [2.24, 2.45) is 0 Å². The van der Waals surface area contributed by atoms with Crippen LogP contribution in [0.25, 0.3) is 11.5 Å². The van der Waals surface area contributed by atoms with Crippen molar-refractivity contribution in [3.8, 4) is 11.5 Å². The molecule has 0 fully saturated rings. The first-order valence-electron chi connectivity index (χ1n) is 5.09. The fourth-order valence-electron chi connectivity index (χ4n) is 1.30. The minimum absolute atomic E-state index is 0.239. The monoisotopic (exact) mass is 300 g/mol. The van der Waals surface area contributed by atoms with Crippen LogP contribution in [-0.2, 0) is 0 Å². The number of hydrogen-bond donors (Lipinski definition) is 1. The van der Waals surface area contributed by atoms with Crippen LogP contribution in [0.5, 0.6) is 0 Å². The Bertz CT molecular complexity index is 530. The highest BCUT2D eigenvalue weighted by Gasteiger charge is 2.15. The van der Waals surface area contributed by atoms with E-state index < -0.39 is 6.10 Å². The first-order valence-corrected chi connectivity index (χ1v) is 5.88. The van der Waals surface area contributed by atoms with Gasteiger partial charge in [0.05, 0.1) is 4.47 Å². The molecular weight excluding hydrogens is 291 g/mol. The summed E-state index contributed by atoms with van der Waals surface area (Å²) in [5, 5.41) is 13.2. The first kappa shape index (κ1) is 12.2. The van der Waals surface area contributed by atoms with Crippen molar-refractivity contribution in [3.63, 3.8) is 0 Å². The highest BCUT2D eigenvalue weighted by Crippen LogP contribution is 2.25. The lowest BCUT2D eigenvalue weighted by molar-refractivity contribution is 0.159. The molecular formula is C11H10BrFN2O2. The Morgan fingerprint density at radius 2 is 2.29 bits per heavy atom. The Balaban J connectivity index is 2.33. The van der Waals surface area contributed by atoms with Crippen LogP contribution in [0.15, 0.2) is 27.2 Å². The van der Waals surface area contributed by atoms with Gasteiger partial charge in [0.15, 0.2) is 0 Å². The summed E-state index contributed by atoms with van der Waals surface area (Å²) in [5.41, 5.74) is 0.598. The molecule has 1 atom stereocenters. The second-order valence-corrected chi connectivity index (χ2v) is 4.36. The molecule has 1 aromatic heterocycles. The van der Waals surface area contributed by atoms with Crippen LogP contribution in [0.3, 0.4) is 0 Å². The molecule has 1 unspecified atom stereocenters. The number of rotatable bonds is 3. The van der Waals surface area contributed by atoms with Gasteiger partial charge >= 0.3 is 0 Å². The predicted octanol–water partition coefficient (Wildman–Crippen LogP) is 3.08. The normalized spacial score (nSPS) is 12.7. The predicted molar refractivity (Wildman–Crippen MR) is 62.6 cm³/mol. The number of benzene rings is 1. The largest absolute Gasteiger partial charge is 0.385 e. The number of nitrogens with zero attached hydrogens (tertiary/aromatic N) is 2. The summed E-state index contributed by atoms with van der Waals surface area (Å²) >= 11 is 3.08. The molecule has 0 saturated heterocycles. The number of halogens is 2. The molecule has 2 aromatic rings. The van der Waals surface area contributed by atoms with Crippen LogP contribution < -0.4 is 0 Å². The van der Waals surface area contributed by atoms with E-state index in [0.29, 0.717) is 16.5 Å². The van der Waals surface area contributed by atoms with E-state index in [9.17, 15) is 9.50 Å². The van der Waals surface area contributed by atoms with E-state index in [-0.39, 0.29) is 17.5 Å². The summed E-state index contributed by atoms with van der Waals surface area (Å²) < 4.78 is 18.4. The van der Waals surface area contributed by atoms with Crippen LogP contribution in [0, 0.1) is 5.82 Å². The van der Waals surface area contributed by atoms with E-state index in [4.69, 9.17) is 4.52 Å². The zero-order chi connectivity index (χ0) is 12.4. The van der Waals surface area contributed by atoms with E-state index in [1.807, 2.05) is 6.92 Å². The third-order valence-electron chi connectivity index (χ3n) is 2.29. The fourth-order valence-corrected chi connectivity index (χ4v) is 1.68. The molecule has 90 valence electrons. The van der Waals surface area contributed by atoms with E-state index in [1.165, 1.54) is 12.1 Å². The Kier molecular flexibility index (Phi) is 3.54. The van der Waals surface area contributed by atoms with Crippen molar-refractivity contribution >= 4 is 15.9 Å². The molecule has 1 N–H and O–H groups in total. The van der Waals surface area contributed by atoms with Crippen molar-refractivity contribution in [1.29, 1.82) is 0 Å². The summed E-state index contributed by atoms with van der Waals surface area (Å²) in [6.07, 6.45) is -0.233. The van der Waals surface area contributed by atoms with Crippen LogP contribution >= 0.6 is 15.9 Å². The number of aromatic nitrogens is 2. The molecule has 1 heterocycles. The van der Waals surface area contributed by atoms with Crippen LogP contribution in [0.4, 0.5) is 4.39 Å². The molecule has 0 radical (unpaired) electrons. The second-order valence-electron chi connectivity index (χ2n) is 3.51. The van der Waals surface area contributed by atoms with Gasteiger partial charge in [-0.1, -0.05) is 12.1 Å². The van der Waals surface area contributed by atoms with Gasteiger partial charge < -0.3 is 9.63 Å². The molecule has 6 heteroatoms. The number of hydrogen-bond acceptors (Lipinski definition) is 4. The maximum Gasteiger partial charge on any atom is 0.258 e. The summed E-state index contributed by atoms with van der Waals surface area (Å²) in [5.74, 6) is 0.137. The smallest absolute Gasteiger partial charge is 0.258 e. The Labute approximate surface area is 106 Å². The molecule has 0 bridgehead atoms. The van der Waals surface area contributed by atoms with Gasteiger partial charge in [-0.05, 0) is 40.5 Å². The van der Waals surface area contributed by atoms with Crippen molar-refractivity contribution in [1.82, 2.24) is 10.1 Å². The minimum Gasteiger partial charge on any atom is -0.385 e. The molecule has 0 aliphatic heterocycles. The Hall–Kier alpha value is -1.27. The van der Waals surface area contributed by atoms with Gasteiger partial charge in [0, 0.05) is 5.56 Å². The third kappa shape index (κ3) is 2.53. The lowest BCUT2D eigenvalue weighted by Gasteiger charge is -1.98. The Morgan fingerprint density at radius 1 is 1.53 bits per heavy atom. The number of aliphatic hydroxyl groups excluding tert-OH is 1. The molecule has 1 aromatic carbocycles. The van der Waals surface area contributed by atoms with Crippen molar-refractivity contribution in [2.45, 2.75) is 19.4 Å². The summed E-state index contributed by atoms with van der Waals surface area (Å²) in [6, 6.07) is 4.39. The first-order chi connectivity index (χ1) is 8.11. The average molecular weight is 301 g/mol. The lowest BCUT2D eigenvalue weighted by Crippen LogP contribution is -1.97. The van der Waals surface area contributed by atoms with Gasteiger partial charge in [0.1, 0.15) is 11.9 Å². The third-order valence-corrected chi connectivity index (χ3v) is 2.90. The van der Waals surface area contributed by atoms with Crippen LogP contribution in [0.2, 0.25) is 0 Å². The highest BCUT2D eigenvalue weighted by molar-refractivity contribution is 9.10. The Morgan fingerprint density at radius 3 is 2.94 bits per heavy atom. The molecule has 17 heavy (non-hydrogen) atoms. The van der Waals surface area contributed by atoms with Crippen LogP contribution in [0.1, 0.15) is 25.3 Å². The molecule has 0 amide bonds. The van der Waals surface area contributed by atoms with Gasteiger partial charge in [-0.3, -0.25) is 0 Å². The quantitative estimate of drug-likeness (QED) is 0.946.